The fraction of sp³-hybridized carbons (Fsp3) is 0.357. The Morgan fingerprint density at radius 2 is 2.19 bits per heavy atom. The molecule has 4 N–H and O–H groups in total. The van der Waals surface area contributed by atoms with Gasteiger partial charge >= 0.3 is 0 Å². The molecule has 1 amide bonds. The maximum absolute atomic E-state index is 12.2. The maximum Gasteiger partial charge on any atom is 0.267 e. The van der Waals surface area contributed by atoms with Crippen molar-refractivity contribution in [2.75, 3.05) is 17.2 Å². The topological polar surface area (TPSA) is 105 Å². The van der Waals surface area contributed by atoms with Gasteiger partial charge in [-0.2, -0.15) is 0 Å². The molecule has 0 bridgehead atoms. The number of benzene rings is 1. The van der Waals surface area contributed by atoms with E-state index < -0.39 is 9.84 Å². The largest absolute Gasteiger partial charge is 0.397 e. The number of rotatable bonds is 2. The van der Waals surface area contributed by atoms with Crippen molar-refractivity contribution in [3.05, 3.63) is 30.0 Å². The van der Waals surface area contributed by atoms with Gasteiger partial charge in [-0.05, 0) is 25.0 Å². The number of fused-ring (bicyclic) bond motifs is 1. The molecule has 7 heteroatoms. The first-order chi connectivity index (χ1) is 9.94. The van der Waals surface area contributed by atoms with Crippen LogP contribution in [0.5, 0.6) is 0 Å². The van der Waals surface area contributed by atoms with Crippen molar-refractivity contribution in [1.29, 1.82) is 0 Å². The number of para-hydroxylation sites is 1. The Morgan fingerprint density at radius 1 is 1.38 bits per heavy atom. The highest BCUT2D eigenvalue weighted by molar-refractivity contribution is 7.91. The molecule has 1 unspecified atom stereocenters. The van der Waals surface area contributed by atoms with E-state index in [9.17, 15) is 13.2 Å². The lowest BCUT2D eigenvalue weighted by Gasteiger charge is -2.22. The van der Waals surface area contributed by atoms with Crippen LogP contribution in [0.1, 0.15) is 23.3 Å². The third kappa shape index (κ3) is 2.87. The quantitative estimate of drug-likeness (QED) is 0.721. The van der Waals surface area contributed by atoms with Gasteiger partial charge in [-0.15, -0.1) is 0 Å². The summed E-state index contributed by atoms with van der Waals surface area (Å²) in [5.74, 6) is -0.0728. The summed E-state index contributed by atoms with van der Waals surface area (Å²) in [6.07, 6.45) is 1.28. The van der Waals surface area contributed by atoms with Gasteiger partial charge in [-0.25, -0.2) is 8.42 Å². The molecule has 112 valence electrons. The molecule has 6 nitrogen and oxygen atoms in total. The standard InChI is InChI=1S/C14H17N3O3S/c15-11-5-1-3-9-7-12(17-13(9)11)14(18)16-10-4-2-6-21(19,20)8-10/h1,3,5,7,10,17H,2,4,6,8,15H2,(H,16,18). The lowest BCUT2D eigenvalue weighted by Crippen LogP contribution is -2.43. The highest BCUT2D eigenvalue weighted by Crippen LogP contribution is 2.21. The number of hydrogen-bond acceptors (Lipinski definition) is 4. The highest BCUT2D eigenvalue weighted by Gasteiger charge is 2.26. The number of nitrogens with two attached hydrogens (primary N) is 1. The molecule has 21 heavy (non-hydrogen) atoms. The van der Waals surface area contributed by atoms with Gasteiger partial charge in [-0.3, -0.25) is 4.79 Å². The van der Waals surface area contributed by atoms with Gasteiger partial charge in [0.05, 0.1) is 22.7 Å². The lowest BCUT2D eigenvalue weighted by atomic mass is 10.2. The number of carbonyl (C=O) groups is 1. The van der Waals surface area contributed by atoms with Crippen molar-refractivity contribution in [2.24, 2.45) is 0 Å². The summed E-state index contributed by atoms with van der Waals surface area (Å²) in [5, 5.41) is 3.64. The summed E-state index contributed by atoms with van der Waals surface area (Å²) in [5.41, 5.74) is 7.54. The smallest absolute Gasteiger partial charge is 0.267 e. The summed E-state index contributed by atoms with van der Waals surface area (Å²) in [7, 11) is -3.04. The van der Waals surface area contributed by atoms with Crippen molar-refractivity contribution in [3.8, 4) is 0 Å². The average Bonchev–Trinajstić information content (AvgIpc) is 2.83. The maximum atomic E-state index is 12.2. The zero-order valence-electron chi connectivity index (χ0n) is 11.4. The van der Waals surface area contributed by atoms with Crippen molar-refractivity contribution < 1.29 is 13.2 Å². The Labute approximate surface area is 122 Å². The molecule has 2 aromatic rings. The number of aromatic amines is 1. The van der Waals surface area contributed by atoms with Crippen LogP contribution in [0.15, 0.2) is 24.3 Å². The van der Waals surface area contributed by atoms with Gasteiger partial charge in [-0.1, -0.05) is 12.1 Å². The van der Waals surface area contributed by atoms with Gasteiger partial charge in [0.2, 0.25) is 0 Å². The second kappa shape index (κ2) is 5.07. The van der Waals surface area contributed by atoms with Crippen LogP contribution in [0, 0.1) is 0 Å². The number of amides is 1. The summed E-state index contributed by atoms with van der Waals surface area (Å²) in [4.78, 5) is 15.2. The summed E-state index contributed by atoms with van der Waals surface area (Å²) < 4.78 is 23.2. The molecule has 0 radical (unpaired) electrons. The Bertz CT molecular complexity index is 795. The Morgan fingerprint density at radius 3 is 2.90 bits per heavy atom. The highest BCUT2D eigenvalue weighted by atomic mass is 32.2. The fourth-order valence-corrected chi connectivity index (χ4v) is 4.34. The number of aromatic nitrogens is 1. The van der Waals surface area contributed by atoms with E-state index in [0.29, 0.717) is 24.2 Å². The summed E-state index contributed by atoms with van der Waals surface area (Å²) in [6, 6.07) is 6.84. The van der Waals surface area contributed by atoms with Crippen LogP contribution in [-0.2, 0) is 9.84 Å². The second-order valence-corrected chi connectivity index (χ2v) is 7.65. The first kappa shape index (κ1) is 13.9. The Kier molecular flexibility index (Phi) is 3.36. The third-order valence-electron chi connectivity index (χ3n) is 3.73. The zero-order chi connectivity index (χ0) is 15.0. The number of carbonyl (C=O) groups excluding carboxylic acids is 1. The van der Waals surface area contributed by atoms with E-state index in [-0.39, 0.29) is 23.5 Å². The van der Waals surface area contributed by atoms with E-state index >= 15 is 0 Å². The van der Waals surface area contributed by atoms with Crippen LogP contribution >= 0.6 is 0 Å². The molecule has 1 fully saturated rings. The molecule has 1 atom stereocenters. The van der Waals surface area contributed by atoms with Crippen LogP contribution < -0.4 is 11.1 Å². The van der Waals surface area contributed by atoms with Gasteiger partial charge in [0.15, 0.2) is 9.84 Å². The molecule has 1 saturated heterocycles. The normalized spacial score (nSPS) is 21.2. The number of H-pyrrole nitrogens is 1. The third-order valence-corrected chi connectivity index (χ3v) is 5.55. The minimum Gasteiger partial charge on any atom is -0.397 e. The predicted octanol–water partition coefficient (Wildman–Crippen LogP) is 1.06. The molecule has 0 spiro atoms. The Balaban J connectivity index is 1.79. The first-order valence-corrected chi connectivity index (χ1v) is 8.65. The number of sulfone groups is 1. The Hall–Kier alpha value is -2.02. The van der Waals surface area contributed by atoms with E-state index in [1.807, 2.05) is 12.1 Å². The van der Waals surface area contributed by atoms with Crippen molar-refractivity contribution >= 4 is 32.3 Å². The van der Waals surface area contributed by atoms with Gasteiger partial charge < -0.3 is 16.0 Å². The first-order valence-electron chi connectivity index (χ1n) is 6.83. The second-order valence-electron chi connectivity index (χ2n) is 5.42. The fourth-order valence-electron chi connectivity index (χ4n) is 2.70. The predicted molar refractivity (Wildman–Crippen MR) is 81.9 cm³/mol. The molecule has 1 aromatic heterocycles. The minimum absolute atomic E-state index is 0.0150. The number of nitrogens with one attached hydrogen (secondary N) is 2. The number of hydrogen-bond donors (Lipinski definition) is 3. The molecule has 2 heterocycles. The molecule has 0 saturated carbocycles. The van der Waals surface area contributed by atoms with Gasteiger partial charge in [0.1, 0.15) is 5.69 Å². The van der Waals surface area contributed by atoms with Crippen LogP contribution in [0.4, 0.5) is 5.69 Å². The van der Waals surface area contributed by atoms with E-state index in [0.717, 1.165) is 10.9 Å². The van der Waals surface area contributed by atoms with E-state index in [1.54, 1.807) is 12.1 Å². The van der Waals surface area contributed by atoms with Crippen LogP contribution in [0.2, 0.25) is 0 Å². The molecule has 3 rings (SSSR count). The van der Waals surface area contributed by atoms with Crippen molar-refractivity contribution in [2.45, 2.75) is 18.9 Å². The lowest BCUT2D eigenvalue weighted by molar-refractivity contribution is 0.0934. The molecule has 0 aliphatic carbocycles. The van der Waals surface area contributed by atoms with Crippen LogP contribution in [0.25, 0.3) is 10.9 Å². The zero-order valence-corrected chi connectivity index (χ0v) is 12.2. The molecular formula is C14H17N3O3S. The van der Waals surface area contributed by atoms with Gasteiger partial charge in [0.25, 0.3) is 5.91 Å². The molecule has 1 aliphatic rings. The average molecular weight is 307 g/mol. The monoisotopic (exact) mass is 307 g/mol. The molecule has 1 aromatic carbocycles. The molecule has 1 aliphatic heterocycles. The van der Waals surface area contributed by atoms with Crippen LogP contribution in [-0.4, -0.2) is 36.9 Å². The van der Waals surface area contributed by atoms with Crippen molar-refractivity contribution in [1.82, 2.24) is 10.3 Å². The van der Waals surface area contributed by atoms with E-state index in [4.69, 9.17) is 5.73 Å². The minimum atomic E-state index is -3.04. The van der Waals surface area contributed by atoms with Crippen LogP contribution in [0.3, 0.4) is 0 Å². The summed E-state index contributed by atoms with van der Waals surface area (Å²) in [6.45, 7) is 0. The SMILES string of the molecule is Nc1cccc2cc(C(=O)NC3CCCS(=O)(=O)C3)[nH]c12. The van der Waals surface area contributed by atoms with E-state index in [2.05, 4.69) is 10.3 Å². The number of anilines is 1. The van der Waals surface area contributed by atoms with Gasteiger partial charge in [0, 0.05) is 11.4 Å². The number of nitrogen functional groups attached to an aromatic ring is 1. The van der Waals surface area contributed by atoms with Crippen molar-refractivity contribution in [3.63, 3.8) is 0 Å². The summed E-state index contributed by atoms with van der Waals surface area (Å²) >= 11 is 0. The van der Waals surface area contributed by atoms with E-state index in [1.165, 1.54) is 0 Å². The molecular weight excluding hydrogens is 290 g/mol.